The monoisotopic (exact) mass is 340 g/mol. The number of amides is 1. The predicted octanol–water partition coefficient (Wildman–Crippen LogP) is 2.25. The summed E-state index contributed by atoms with van der Waals surface area (Å²) in [5.41, 5.74) is 2.41. The van der Waals surface area contributed by atoms with Crippen LogP contribution in [0.25, 0.3) is 11.1 Å². The van der Waals surface area contributed by atoms with Crippen LogP contribution in [-0.2, 0) is 0 Å². The molecule has 1 amide bonds. The molecule has 3 heterocycles. The minimum absolute atomic E-state index is 0.0241. The van der Waals surface area contributed by atoms with Crippen LogP contribution in [0.5, 0.6) is 0 Å². The second kappa shape index (κ2) is 5.21. The fraction of sp³-hybridized carbons (Fsp3) is 0.579. The van der Waals surface area contributed by atoms with E-state index in [1.807, 2.05) is 18.2 Å². The first-order valence-electron chi connectivity index (χ1n) is 9.36. The number of nitrogens with one attached hydrogen (secondary N) is 1. The highest BCUT2D eigenvalue weighted by molar-refractivity contribution is 6.05. The normalized spacial score (nSPS) is 32.0. The summed E-state index contributed by atoms with van der Waals surface area (Å²) in [5, 5.41) is 3.25. The van der Waals surface area contributed by atoms with E-state index >= 15 is 0 Å². The molecule has 1 spiro atoms. The number of carbonyl (C=O) groups is 1. The first kappa shape index (κ1) is 15.2. The van der Waals surface area contributed by atoms with E-state index in [0.29, 0.717) is 40.2 Å². The van der Waals surface area contributed by atoms with Crippen molar-refractivity contribution in [3.8, 4) is 0 Å². The molecule has 2 saturated heterocycles. The van der Waals surface area contributed by atoms with Gasteiger partial charge in [-0.1, -0.05) is 6.07 Å². The molecule has 2 aromatic rings. The number of hydrogen-bond donors (Lipinski definition) is 1. The topological polar surface area (TPSA) is 61.4 Å². The summed E-state index contributed by atoms with van der Waals surface area (Å²) in [6, 6.07) is 6.49. The Kier molecular flexibility index (Phi) is 3.17. The van der Waals surface area contributed by atoms with E-state index in [2.05, 4.69) is 33.9 Å². The molecule has 1 N–H and O–H groups in total. The van der Waals surface area contributed by atoms with Gasteiger partial charge in [0, 0.05) is 37.1 Å². The van der Waals surface area contributed by atoms with Crippen LogP contribution in [0.3, 0.4) is 0 Å². The summed E-state index contributed by atoms with van der Waals surface area (Å²) >= 11 is 0. The van der Waals surface area contributed by atoms with Gasteiger partial charge in [-0.15, -0.1) is 0 Å². The number of anilines is 1. The van der Waals surface area contributed by atoms with Gasteiger partial charge in [0.2, 0.25) is 0 Å². The second-order valence-electron chi connectivity index (χ2n) is 7.53. The van der Waals surface area contributed by atoms with Crippen molar-refractivity contribution in [2.24, 2.45) is 5.92 Å². The number of para-hydroxylation sites is 1. The molecule has 6 nitrogen and oxygen atoms in total. The van der Waals surface area contributed by atoms with Gasteiger partial charge in [-0.25, -0.2) is 0 Å². The van der Waals surface area contributed by atoms with Crippen molar-refractivity contribution in [3.05, 3.63) is 23.8 Å². The molecule has 3 aliphatic rings. The maximum absolute atomic E-state index is 12.9. The van der Waals surface area contributed by atoms with Crippen LogP contribution < -0.4 is 10.2 Å². The highest BCUT2D eigenvalue weighted by Gasteiger charge is 2.70. The third-order valence-corrected chi connectivity index (χ3v) is 6.45. The van der Waals surface area contributed by atoms with E-state index in [4.69, 9.17) is 4.42 Å². The Morgan fingerprint density at radius 1 is 1.44 bits per heavy atom. The van der Waals surface area contributed by atoms with Crippen LogP contribution in [0.15, 0.2) is 22.6 Å². The molecule has 1 aromatic carbocycles. The summed E-state index contributed by atoms with van der Waals surface area (Å²) in [7, 11) is 0. The van der Waals surface area contributed by atoms with Crippen LogP contribution in [0, 0.1) is 5.92 Å². The number of oxazole rings is 1. The molecule has 4 atom stereocenters. The molecule has 6 heteroatoms. The van der Waals surface area contributed by atoms with Gasteiger partial charge < -0.3 is 14.6 Å². The van der Waals surface area contributed by atoms with E-state index < -0.39 is 0 Å². The van der Waals surface area contributed by atoms with E-state index in [1.54, 1.807) is 0 Å². The number of piperidine rings is 1. The number of rotatable bonds is 5. The molecule has 0 bridgehead atoms. The molecule has 1 aromatic heterocycles. The van der Waals surface area contributed by atoms with Gasteiger partial charge >= 0.3 is 0 Å². The van der Waals surface area contributed by atoms with Crippen molar-refractivity contribution in [2.45, 2.75) is 38.3 Å². The summed E-state index contributed by atoms with van der Waals surface area (Å²) in [5.74, 6) is 0.614. The molecule has 3 fully saturated rings. The zero-order chi connectivity index (χ0) is 17.2. The van der Waals surface area contributed by atoms with Gasteiger partial charge in [0.05, 0.1) is 5.56 Å². The van der Waals surface area contributed by atoms with Gasteiger partial charge in [0.25, 0.3) is 11.9 Å². The molecule has 0 radical (unpaired) electrons. The summed E-state index contributed by atoms with van der Waals surface area (Å²) in [6.45, 7) is 8.22. The van der Waals surface area contributed by atoms with Crippen molar-refractivity contribution >= 4 is 23.0 Å². The van der Waals surface area contributed by atoms with Crippen LogP contribution >= 0.6 is 0 Å². The lowest BCUT2D eigenvalue weighted by Crippen LogP contribution is -2.56. The smallest absolute Gasteiger partial charge is 0.298 e. The molecule has 1 saturated carbocycles. The Labute approximate surface area is 147 Å². The number of nitrogens with zero attached hydrogens (tertiary/aromatic N) is 3. The van der Waals surface area contributed by atoms with E-state index in [9.17, 15) is 4.79 Å². The van der Waals surface area contributed by atoms with Crippen molar-refractivity contribution in [3.63, 3.8) is 0 Å². The molecule has 4 unspecified atom stereocenters. The predicted molar refractivity (Wildman–Crippen MR) is 95.9 cm³/mol. The molecule has 25 heavy (non-hydrogen) atoms. The molecule has 1 aliphatic carbocycles. The SMILES string of the molecule is CCN(CC)c1nc2c(C(=O)NC3CC45CN4CCC35)cccc2o1. The highest BCUT2D eigenvalue weighted by atomic mass is 16.4. The average molecular weight is 340 g/mol. The van der Waals surface area contributed by atoms with Gasteiger partial charge in [-0.3, -0.25) is 9.69 Å². The standard InChI is InChI=1S/C19H24N4O2/c1-3-22(4-2)18-21-16-12(6-5-7-15(16)25-18)17(24)20-14-10-19-11-23(19)9-8-13(14)19/h5-7,13-14H,3-4,8-11H2,1-2H3,(H,20,24). The quantitative estimate of drug-likeness (QED) is 0.846. The van der Waals surface area contributed by atoms with Gasteiger partial charge in [0.1, 0.15) is 5.52 Å². The van der Waals surface area contributed by atoms with E-state index in [1.165, 1.54) is 19.5 Å². The van der Waals surface area contributed by atoms with Crippen LogP contribution in [-0.4, -0.2) is 53.6 Å². The lowest BCUT2D eigenvalue weighted by Gasteiger charge is -2.42. The molecular weight excluding hydrogens is 316 g/mol. The van der Waals surface area contributed by atoms with Gasteiger partial charge in [0.15, 0.2) is 5.58 Å². The van der Waals surface area contributed by atoms with Crippen molar-refractivity contribution in [2.75, 3.05) is 31.1 Å². The lowest BCUT2D eigenvalue weighted by molar-refractivity contribution is 0.0826. The summed E-state index contributed by atoms with van der Waals surface area (Å²) in [4.78, 5) is 22.1. The molecule has 132 valence electrons. The first-order chi connectivity index (χ1) is 12.2. The number of carbonyl (C=O) groups excluding carboxylic acids is 1. The van der Waals surface area contributed by atoms with E-state index in [-0.39, 0.29) is 5.91 Å². The fourth-order valence-corrected chi connectivity index (χ4v) is 4.94. The third kappa shape index (κ3) is 2.06. The van der Waals surface area contributed by atoms with Gasteiger partial charge in [-0.05, 0) is 45.4 Å². The third-order valence-electron chi connectivity index (χ3n) is 6.45. The van der Waals surface area contributed by atoms with Crippen LogP contribution in [0.4, 0.5) is 6.01 Å². The number of benzene rings is 1. The van der Waals surface area contributed by atoms with Crippen molar-refractivity contribution < 1.29 is 9.21 Å². The van der Waals surface area contributed by atoms with E-state index in [0.717, 1.165) is 19.5 Å². The number of fused-ring (bicyclic) bond motifs is 1. The fourth-order valence-electron chi connectivity index (χ4n) is 4.94. The Morgan fingerprint density at radius 2 is 2.28 bits per heavy atom. The maximum Gasteiger partial charge on any atom is 0.298 e. The molecule has 2 aliphatic heterocycles. The average Bonchev–Trinajstić information content (AvgIpc) is 3.05. The van der Waals surface area contributed by atoms with Crippen LogP contribution in [0.2, 0.25) is 0 Å². The van der Waals surface area contributed by atoms with Crippen molar-refractivity contribution in [1.82, 2.24) is 15.2 Å². The lowest BCUT2D eigenvalue weighted by atomic mass is 9.68. The van der Waals surface area contributed by atoms with Crippen LogP contribution in [0.1, 0.15) is 37.0 Å². The second-order valence-corrected chi connectivity index (χ2v) is 7.53. The molecule has 5 rings (SSSR count). The largest absolute Gasteiger partial charge is 0.423 e. The Morgan fingerprint density at radius 3 is 3.00 bits per heavy atom. The highest BCUT2D eigenvalue weighted by Crippen LogP contribution is 2.59. The minimum Gasteiger partial charge on any atom is -0.423 e. The zero-order valence-corrected chi connectivity index (χ0v) is 14.8. The Hall–Kier alpha value is -2.08. The maximum atomic E-state index is 12.9. The Bertz CT molecular complexity index is 841. The Balaban J connectivity index is 1.39. The first-order valence-corrected chi connectivity index (χ1v) is 9.36. The van der Waals surface area contributed by atoms with Gasteiger partial charge in [-0.2, -0.15) is 4.98 Å². The summed E-state index contributed by atoms with van der Waals surface area (Å²) < 4.78 is 5.87. The summed E-state index contributed by atoms with van der Waals surface area (Å²) in [6.07, 6.45) is 2.31. The minimum atomic E-state index is -0.0241. The molecular formula is C19H24N4O2. The number of aromatic nitrogens is 1. The number of hydrogen-bond acceptors (Lipinski definition) is 5. The zero-order valence-electron chi connectivity index (χ0n) is 14.8. The van der Waals surface area contributed by atoms with Crippen molar-refractivity contribution in [1.29, 1.82) is 0 Å².